The number of benzene rings is 1. The number of halogens is 1. The monoisotopic (exact) mass is 320 g/mol. The molecule has 112 valence electrons. The smallest absolute Gasteiger partial charge is 0.269 e. The minimum absolute atomic E-state index is 0.0198. The van der Waals surface area contributed by atoms with Crippen molar-refractivity contribution in [2.24, 2.45) is 0 Å². The summed E-state index contributed by atoms with van der Waals surface area (Å²) in [5.74, 6) is 0.584. The summed E-state index contributed by atoms with van der Waals surface area (Å²) in [5, 5.41) is 21.3. The first-order valence-electron chi connectivity index (χ1n) is 6.07. The van der Waals surface area contributed by atoms with Crippen LogP contribution in [0.15, 0.2) is 24.3 Å². The van der Waals surface area contributed by atoms with Crippen LogP contribution >= 0.6 is 11.6 Å². The van der Waals surface area contributed by atoms with Crippen molar-refractivity contribution < 1.29 is 9.66 Å². The molecule has 0 unspecified atom stereocenters. The van der Waals surface area contributed by atoms with E-state index in [0.29, 0.717) is 27.5 Å². The largest absolute Gasteiger partial charge is 0.486 e. The van der Waals surface area contributed by atoms with Gasteiger partial charge in [0.1, 0.15) is 12.4 Å². The average molecular weight is 321 g/mol. The fraction of sp³-hybridized carbons (Fsp3) is 0.0833. The second-order valence-electron chi connectivity index (χ2n) is 4.36. The molecule has 3 N–H and O–H groups in total. The van der Waals surface area contributed by atoms with E-state index in [0.717, 1.165) is 0 Å². The highest BCUT2D eigenvalue weighted by atomic mass is 35.5. The van der Waals surface area contributed by atoms with E-state index in [2.05, 4.69) is 20.4 Å². The van der Waals surface area contributed by atoms with Gasteiger partial charge in [-0.3, -0.25) is 10.1 Å². The summed E-state index contributed by atoms with van der Waals surface area (Å²) in [6.45, 7) is 0.0198. The molecule has 0 amide bonds. The second kappa shape index (κ2) is 5.45. The maximum atomic E-state index is 10.8. The molecular formula is C12H9ClN6O3. The van der Waals surface area contributed by atoms with Crippen LogP contribution in [0.3, 0.4) is 0 Å². The van der Waals surface area contributed by atoms with Gasteiger partial charge in [0.05, 0.1) is 4.92 Å². The van der Waals surface area contributed by atoms with E-state index in [1.807, 2.05) is 0 Å². The Hall–Kier alpha value is -2.94. The highest BCUT2D eigenvalue weighted by molar-refractivity contribution is 6.31. The SMILES string of the molecule is Nc1cc(OCc2cc([N+](=O)[O-])ccc2Cl)c2n[nH]nc2n1. The summed E-state index contributed by atoms with van der Waals surface area (Å²) in [6, 6.07) is 5.63. The van der Waals surface area contributed by atoms with E-state index in [1.165, 1.54) is 24.3 Å². The molecule has 1 aromatic carbocycles. The summed E-state index contributed by atoms with van der Waals surface area (Å²) < 4.78 is 5.61. The summed E-state index contributed by atoms with van der Waals surface area (Å²) >= 11 is 6.02. The van der Waals surface area contributed by atoms with E-state index in [9.17, 15) is 10.1 Å². The number of anilines is 1. The van der Waals surface area contributed by atoms with Crippen LogP contribution in [0.5, 0.6) is 5.75 Å². The minimum atomic E-state index is -0.500. The lowest BCUT2D eigenvalue weighted by molar-refractivity contribution is -0.384. The van der Waals surface area contributed by atoms with E-state index >= 15 is 0 Å². The van der Waals surface area contributed by atoms with E-state index in [4.69, 9.17) is 22.1 Å². The number of H-pyrrole nitrogens is 1. The molecule has 3 aromatic rings. The fourth-order valence-electron chi connectivity index (χ4n) is 1.88. The number of pyridine rings is 1. The third kappa shape index (κ3) is 2.61. The molecular weight excluding hydrogens is 312 g/mol. The Bertz CT molecular complexity index is 865. The zero-order chi connectivity index (χ0) is 15.7. The number of rotatable bonds is 4. The Kier molecular flexibility index (Phi) is 3.47. The predicted octanol–water partition coefficient (Wildman–Crippen LogP) is 2.08. The molecule has 0 fully saturated rings. The maximum absolute atomic E-state index is 10.8. The van der Waals surface area contributed by atoms with Crippen molar-refractivity contribution in [3.8, 4) is 5.75 Å². The molecule has 0 saturated heterocycles. The number of aromatic nitrogens is 4. The minimum Gasteiger partial charge on any atom is -0.486 e. The average Bonchev–Trinajstić information content (AvgIpc) is 2.94. The predicted molar refractivity (Wildman–Crippen MR) is 78.5 cm³/mol. The van der Waals surface area contributed by atoms with Crippen molar-refractivity contribution in [2.75, 3.05) is 5.73 Å². The number of nitro groups is 1. The van der Waals surface area contributed by atoms with Crippen molar-refractivity contribution in [3.63, 3.8) is 0 Å². The third-order valence-electron chi connectivity index (χ3n) is 2.90. The van der Waals surface area contributed by atoms with Gasteiger partial charge in [0.15, 0.2) is 11.3 Å². The molecule has 0 spiro atoms. The van der Waals surface area contributed by atoms with Crippen LogP contribution in [0.2, 0.25) is 5.02 Å². The van der Waals surface area contributed by atoms with Crippen LogP contribution in [0, 0.1) is 10.1 Å². The molecule has 0 aliphatic carbocycles. The number of nitro benzene ring substituents is 1. The van der Waals surface area contributed by atoms with Crippen molar-refractivity contribution in [1.82, 2.24) is 20.4 Å². The Morgan fingerprint density at radius 3 is 2.95 bits per heavy atom. The molecule has 2 aromatic heterocycles. The Balaban J connectivity index is 1.89. The number of aromatic amines is 1. The van der Waals surface area contributed by atoms with E-state index in [-0.39, 0.29) is 18.1 Å². The molecule has 10 heteroatoms. The number of fused-ring (bicyclic) bond motifs is 1. The Labute approximate surface area is 128 Å². The second-order valence-corrected chi connectivity index (χ2v) is 4.77. The molecule has 0 atom stereocenters. The van der Waals surface area contributed by atoms with Crippen LogP contribution in [0.25, 0.3) is 11.2 Å². The molecule has 0 saturated carbocycles. The highest BCUT2D eigenvalue weighted by Gasteiger charge is 2.13. The van der Waals surface area contributed by atoms with Crippen LogP contribution in [-0.4, -0.2) is 25.3 Å². The number of nitrogens with zero attached hydrogens (tertiary/aromatic N) is 4. The number of non-ortho nitro benzene ring substituents is 1. The zero-order valence-corrected chi connectivity index (χ0v) is 11.7. The van der Waals surface area contributed by atoms with Gasteiger partial charge in [-0.15, -0.1) is 5.10 Å². The molecule has 9 nitrogen and oxygen atoms in total. The first-order valence-corrected chi connectivity index (χ1v) is 6.45. The highest BCUT2D eigenvalue weighted by Crippen LogP contribution is 2.27. The van der Waals surface area contributed by atoms with Gasteiger partial charge in [0, 0.05) is 28.8 Å². The van der Waals surface area contributed by atoms with Gasteiger partial charge in [-0.05, 0) is 6.07 Å². The number of nitrogen functional groups attached to an aromatic ring is 1. The quantitative estimate of drug-likeness (QED) is 0.555. The number of hydrogen-bond acceptors (Lipinski definition) is 7. The zero-order valence-electron chi connectivity index (χ0n) is 11.0. The topological polar surface area (TPSA) is 133 Å². The fourth-order valence-corrected chi connectivity index (χ4v) is 2.05. The van der Waals surface area contributed by atoms with E-state index < -0.39 is 4.92 Å². The Morgan fingerprint density at radius 2 is 2.18 bits per heavy atom. The van der Waals surface area contributed by atoms with Crippen LogP contribution < -0.4 is 10.5 Å². The molecule has 22 heavy (non-hydrogen) atoms. The summed E-state index contributed by atoms with van der Waals surface area (Å²) in [7, 11) is 0. The summed E-state index contributed by atoms with van der Waals surface area (Å²) in [5.41, 5.74) is 6.80. The normalized spacial score (nSPS) is 10.8. The van der Waals surface area contributed by atoms with Crippen LogP contribution in [-0.2, 0) is 6.61 Å². The van der Waals surface area contributed by atoms with Crippen molar-refractivity contribution in [1.29, 1.82) is 0 Å². The van der Waals surface area contributed by atoms with Crippen molar-refractivity contribution in [3.05, 3.63) is 45.0 Å². The molecule has 2 heterocycles. The molecule has 0 radical (unpaired) electrons. The Morgan fingerprint density at radius 1 is 1.36 bits per heavy atom. The van der Waals surface area contributed by atoms with Gasteiger partial charge in [0.25, 0.3) is 5.69 Å². The summed E-state index contributed by atoms with van der Waals surface area (Å²) in [6.07, 6.45) is 0. The molecule has 0 aliphatic rings. The number of hydrogen-bond donors (Lipinski definition) is 2. The van der Waals surface area contributed by atoms with E-state index in [1.54, 1.807) is 0 Å². The van der Waals surface area contributed by atoms with Gasteiger partial charge in [-0.1, -0.05) is 11.6 Å². The maximum Gasteiger partial charge on any atom is 0.269 e. The third-order valence-corrected chi connectivity index (χ3v) is 3.27. The van der Waals surface area contributed by atoms with Gasteiger partial charge in [0.2, 0.25) is 5.65 Å². The standard InChI is InChI=1S/C12H9ClN6O3/c13-8-2-1-7(19(20)21)3-6(8)5-22-9-4-10(14)15-12-11(9)16-18-17-12/h1-4H,5H2,(H3,14,15,16,17,18). The lowest BCUT2D eigenvalue weighted by Crippen LogP contribution is -2.00. The van der Waals surface area contributed by atoms with Gasteiger partial charge < -0.3 is 10.5 Å². The van der Waals surface area contributed by atoms with Crippen molar-refractivity contribution >= 4 is 34.3 Å². The number of ether oxygens (including phenoxy) is 1. The lowest BCUT2D eigenvalue weighted by Gasteiger charge is -2.08. The first kappa shape index (κ1) is 14.0. The number of nitrogens with one attached hydrogen (secondary N) is 1. The van der Waals surface area contributed by atoms with Gasteiger partial charge in [-0.25, -0.2) is 4.98 Å². The lowest BCUT2D eigenvalue weighted by atomic mass is 10.2. The number of nitrogens with two attached hydrogens (primary N) is 1. The first-order chi connectivity index (χ1) is 10.5. The molecule has 0 bridgehead atoms. The molecule has 3 rings (SSSR count). The molecule has 0 aliphatic heterocycles. The van der Waals surface area contributed by atoms with Crippen LogP contribution in [0.4, 0.5) is 11.5 Å². The van der Waals surface area contributed by atoms with Gasteiger partial charge >= 0.3 is 0 Å². The van der Waals surface area contributed by atoms with Crippen molar-refractivity contribution in [2.45, 2.75) is 6.61 Å². The summed E-state index contributed by atoms with van der Waals surface area (Å²) in [4.78, 5) is 14.3. The van der Waals surface area contributed by atoms with Crippen LogP contribution in [0.1, 0.15) is 5.56 Å². The van der Waals surface area contributed by atoms with Gasteiger partial charge in [-0.2, -0.15) is 10.3 Å².